The van der Waals surface area contributed by atoms with Gasteiger partial charge in [-0.25, -0.2) is 4.39 Å². The molecule has 0 saturated heterocycles. The molecule has 0 saturated carbocycles. The fraction of sp³-hybridized carbons (Fsp3) is 0.562. The van der Waals surface area contributed by atoms with Crippen molar-refractivity contribution < 1.29 is 9.18 Å². The zero-order valence-electron chi connectivity index (χ0n) is 13.3. The van der Waals surface area contributed by atoms with Crippen LogP contribution in [0.4, 0.5) is 15.8 Å². The second-order valence-corrected chi connectivity index (χ2v) is 6.00. The van der Waals surface area contributed by atoms with Gasteiger partial charge in [0, 0.05) is 24.7 Å². The van der Waals surface area contributed by atoms with Gasteiger partial charge < -0.3 is 16.0 Å². The van der Waals surface area contributed by atoms with Gasteiger partial charge in [0.05, 0.1) is 5.69 Å². The van der Waals surface area contributed by atoms with Gasteiger partial charge in [-0.3, -0.25) is 4.79 Å². The summed E-state index contributed by atoms with van der Waals surface area (Å²) in [6, 6.07) is 4.56. The van der Waals surface area contributed by atoms with E-state index >= 15 is 0 Å². The Morgan fingerprint density at radius 3 is 2.67 bits per heavy atom. The van der Waals surface area contributed by atoms with Gasteiger partial charge in [-0.15, -0.1) is 0 Å². The molecule has 0 spiro atoms. The third-order valence-electron chi connectivity index (χ3n) is 3.52. The highest BCUT2D eigenvalue weighted by atomic mass is 19.1. The highest BCUT2D eigenvalue weighted by Crippen LogP contribution is 2.17. The number of nitrogens with one attached hydrogen (secondary N) is 1. The molecule has 4 nitrogen and oxygen atoms in total. The van der Waals surface area contributed by atoms with E-state index < -0.39 is 5.82 Å². The summed E-state index contributed by atoms with van der Waals surface area (Å²) in [6.07, 6.45) is 1.41. The van der Waals surface area contributed by atoms with Crippen LogP contribution in [-0.4, -0.2) is 30.4 Å². The molecule has 0 fully saturated rings. The third kappa shape index (κ3) is 6.12. The molecule has 0 aromatic heterocycles. The minimum atomic E-state index is -0.473. The van der Waals surface area contributed by atoms with Gasteiger partial charge in [0.1, 0.15) is 5.82 Å². The van der Waals surface area contributed by atoms with Crippen LogP contribution < -0.4 is 11.1 Å². The Kier molecular flexibility index (Phi) is 6.62. The van der Waals surface area contributed by atoms with Crippen molar-refractivity contribution in [3.63, 3.8) is 0 Å². The summed E-state index contributed by atoms with van der Waals surface area (Å²) in [5, 5.41) is 2.57. The number of anilines is 2. The fourth-order valence-corrected chi connectivity index (χ4v) is 2.21. The smallest absolute Gasteiger partial charge is 0.225 e. The molecule has 0 heterocycles. The molecule has 1 atom stereocenters. The maximum atomic E-state index is 13.5. The van der Waals surface area contributed by atoms with E-state index in [1.54, 1.807) is 0 Å². The number of hydrogen-bond donors (Lipinski definition) is 2. The molecule has 3 N–H and O–H groups in total. The minimum Gasteiger partial charge on any atom is -0.399 e. The first-order valence-electron chi connectivity index (χ1n) is 7.34. The quantitative estimate of drug-likeness (QED) is 0.760. The number of carbonyl (C=O) groups excluding carboxylic acids is 1. The first kappa shape index (κ1) is 17.4. The average molecular weight is 295 g/mol. The van der Waals surface area contributed by atoms with Gasteiger partial charge in [-0.05, 0) is 44.5 Å². The minimum absolute atomic E-state index is 0.137. The van der Waals surface area contributed by atoms with Crippen LogP contribution in [0.1, 0.15) is 33.6 Å². The number of hydrogen-bond acceptors (Lipinski definition) is 3. The Hall–Kier alpha value is -1.62. The molecular formula is C16H26FN3O. The highest BCUT2D eigenvalue weighted by molar-refractivity contribution is 5.91. The van der Waals surface area contributed by atoms with Gasteiger partial charge in [0.15, 0.2) is 0 Å². The van der Waals surface area contributed by atoms with E-state index in [1.165, 1.54) is 18.2 Å². The van der Waals surface area contributed by atoms with Crippen LogP contribution in [0.25, 0.3) is 0 Å². The molecule has 1 rings (SSSR count). The summed E-state index contributed by atoms with van der Waals surface area (Å²) in [5.74, 6) is -0.0557. The number of benzene rings is 1. The molecule has 5 heteroatoms. The lowest BCUT2D eigenvalue weighted by atomic mass is 10.0. The molecule has 0 bridgehead atoms. The lowest BCUT2D eigenvalue weighted by Gasteiger charge is -2.25. The monoisotopic (exact) mass is 295 g/mol. The molecule has 0 aliphatic rings. The molecule has 1 unspecified atom stereocenters. The van der Waals surface area contributed by atoms with Gasteiger partial charge in [-0.2, -0.15) is 0 Å². The largest absolute Gasteiger partial charge is 0.399 e. The number of carbonyl (C=O) groups is 1. The van der Waals surface area contributed by atoms with E-state index in [2.05, 4.69) is 31.0 Å². The predicted molar refractivity (Wildman–Crippen MR) is 85.6 cm³/mol. The summed E-state index contributed by atoms with van der Waals surface area (Å²) in [6.45, 7) is 7.15. The highest BCUT2D eigenvalue weighted by Gasteiger charge is 2.13. The molecule has 1 aromatic carbocycles. The van der Waals surface area contributed by atoms with Crippen molar-refractivity contribution in [1.29, 1.82) is 0 Å². The molecule has 118 valence electrons. The summed E-state index contributed by atoms with van der Waals surface area (Å²) >= 11 is 0. The number of halogens is 1. The third-order valence-corrected chi connectivity index (χ3v) is 3.52. The summed E-state index contributed by atoms with van der Waals surface area (Å²) < 4.78 is 13.5. The van der Waals surface area contributed by atoms with Gasteiger partial charge in [0.25, 0.3) is 0 Å². The van der Waals surface area contributed by atoms with Crippen LogP contribution in [0.2, 0.25) is 0 Å². The Morgan fingerprint density at radius 2 is 2.05 bits per heavy atom. The Labute approximate surface area is 126 Å². The van der Waals surface area contributed by atoms with Crippen LogP contribution in [0.3, 0.4) is 0 Å². The first-order chi connectivity index (χ1) is 9.79. The van der Waals surface area contributed by atoms with Crippen LogP contribution >= 0.6 is 0 Å². The van der Waals surface area contributed by atoms with E-state index in [4.69, 9.17) is 5.73 Å². The lowest BCUT2D eigenvalue weighted by Crippen LogP contribution is -2.33. The van der Waals surface area contributed by atoms with Crippen molar-refractivity contribution in [2.24, 2.45) is 5.92 Å². The van der Waals surface area contributed by atoms with Gasteiger partial charge in [0.2, 0.25) is 5.91 Å². The molecule has 0 aliphatic carbocycles. The van der Waals surface area contributed by atoms with E-state index in [-0.39, 0.29) is 11.6 Å². The van der Waals surface area contributed by atoms with E-state index in [1.807, 2.05) is 7.05 Å². The van der Waals surface area contributed by atoms with Crippen LogP contribution in [0.5, 0.6) is 0 Å². The van der Waals surface area contributed by atoms with Crippen LogP contribution in [0, 0.1) is 11.7 Å². The Balaban J connectivity index is 2.45. The molecular weight excluding hydrogens is 269 g/mol. The number of amides is 1. The van der Waals surface area contributed by atoms with E-state index in [0.29, 0.717) is 30.6 Å². The zero-order valence-corrected chi connectivity index (χ0v) is 13.3. The lowest BCUT2D eigenvalue weighted by molar-refractivity contribution is -0.116. The summed E-state index contributed by atoms with van der Waals surface area (Å²) in [4.78, 5) is 14.0. The van der Waals surface area contributed by atoms with E-state index in [9.17, 15) is 9.18 Å². The number of nitrogens with two attached hydrogens (primary N) is 1. The van der Waals surface area contributed by atoms with Crippen molar-refractivity contribution in [2.45, 2.75) is 39.7 Å². The maximum Gasteiger partial charge on any atom is 0.225 e. The van der Waals surface area contributed by atoms with Gasteiger partial charge in [-0.1, -0.05) is 13.8 Å². The zero-order chi connectivity index (χ0) is 16.0. The first-order valence-corrected chi connectivity index (χ1v) is 7.34. The molecule has 21 heavy (non-hydrogen) atoms. The SMILES string of the molecule is CC(C)CC(C)N(C)CCC(=O)Nc1cc(N)ccc1F. The van der Waals surface area contributed by atoms with Crippen molar-refractivity contribution in [2.75, 3.05) is 24.6 Å². The molecule has 0 aliphatic heterocycles. The van der Waals surface area contributed by atoms with Crippen molar-refractivity contribution in [3.8, 4) is 0 Å². The molecule has 1 aromatic rings. The van der Waals surface area contributed by atoms with Gasteiger partial charge >= 0.3 is 0 Å². The number of nitrogens with zero attached hydrogens (tertiary/aromatic N) is 1. The topological polar surface area (TPSA) is 58.4 Å². The summed E-state index contributed by atoms with van der Waals surface area (Å²) in [5.41, 5.74) is 6.15. The maximum absolute atomic E-state index is 13.5. The second-order valence-electron chi connectivity index (χ2n) is 6.00. The van der Waals surface area contributed by atoms with E-state index in [0.717, 1.165) is 6.42 Å². The number of nitrogen functional groups attached to an aromatic ring is 1. The fourth-order valence-electron chi connectivity index (χ4n) is 2.21. The second kappa shape index (κ2) is 7.98. The Bertz CT molecular complexity index is 477. The van der Waals surface area contributed by atoms with Crippen LogP contribution in [-0.2, 0) is 4.79 Å². The average Bonchev–Trinajstić information content (AvgIpc) is 2.39. The predicted octanol–water partition coefficient (Wildman–Crippen LogP) is 3.10. The number of rotatable bonds is 7. The van der Waals surface area contributed by atoms with Crippen molar-refractivity contribution in [1.82, 2.24) is 4.90 Å². The van der Waals surface area contributed by atoms with Crippen molar-refractivity contribution >= 4 is 17.3 Å². The van der Waals surface area contributed by atoms with Crippen molar-refractivity contribution in [3.05, 3.63) is 24.0 Å². The Morgan fingerprint density at radius 1 is 1.38 bits per heavy atom. The summed E-state index contributed by atoms with van der Waals surface area (Å²) in [7, 11) is 2.00. The normalized spacial score (nSPS) is 12.7. The van der Waals surface area contributed by atoms with Crippen LogP contribution in [0.15, 0.2) is 18.2 Å². The molecule has 1 amide bonds. The standard InChI is InChI=1S/C16H26FN3O/c1-11(2)9-12(3)20(4)8-7-16(21)19-15-10-13(18)5-6-14(15)17/h5-6,10-12H,7-9,18H2,1-4H3,(H,19,21). The molecule has 0 radical (unpaired) electrons.